The molecule has 0 saturated carbocycles. The highest BCUT2D eigenvalue weighted by Gasteiger charge is 2.28. The summed E-state index contributed by atoms with van der Waals surface area (Å²) in [6, 6.07) is 12.8. The number of thiocarbonyl (C=S) groups is 1. The molecular weight excluding hydrogens is 402 g/mol. The summed E-state index contributed by atoms with van der Waals surface area (Å²) in [5.74, 6) is 1.25. The number of nitrogens with one attached hydrogen (secondary N) is 1. The van der Waals surface area contributed by atoms with Crippen LogP contribution < -0.4 is 10.2 Å². The van der Waals surface area contributed by atoms with Crippen LogP contribution in [0.1, 0.15) is 60.6 Å². The van der Waals surface area contributed by atoms with Crippen LogP contribution in [0.15, 0.2) is 30.3 Å². The van der Waals surface area contributed by atoms with E-state index in [4.69, 9.17) is 17.2 Å². The van der Waals surface area contributed by atoms with Gasteiger partial charge in [0, 0.05) is 38.4 Å². The van der Waals surface area contributed by atoms with E-state index < -0.39 is 0 Å². The van der Waals surface area contributed by atoms with Crippen molar-refractivity contribution in [2.75, 3.05) is 31.1 Å². The first-order valence-corrected chi connectivity index (χ1v) is 11.8. The molecule has 2 aromatic rings. The van der Waals surface area contributed by atoms with Gasteiger partial charge in [-0.3, -0.25) is 0 Å². The van der Waals surface area contributed by atoms with Gasteiger partial charge >= 0.3 is 0 Å². The van der Waals surface area contributed by atoms with Crippen molar-refractivity contribution in [1.82, 2.24) is 15.2 Å². The van der Waals surface area contributed by atoms with Gasteiger partial charge < -0.3 is 15.1 Å². The number of pyridine rings is 1. The van der Waals surface area contributed by atoms with Crippen molar-refractivity contribution in [1.29, 1.82) is 5.26 Å². The molecule has 0 atom stereocenters. The Balaban J connectivity index is 1.46. The van der Waals surface area contributed by atoms with Crippen LogP contribution in [0, 0.1) is 11.3 Å². The van der Waals surface area contributed by atoms with Crippen molar-refractivity contribution in [3.8, 4) is 6.07 Å². The monoisotopic (exact) mass is 433 g/mol. The third-order valence-corrected chi connectivity index (χ3v) is 6.74. The van der Waals surface area contributed by atoms with E-state index in [1.165, 1.54) is 28.8 Å². The molecule has 1 N–H and O–H groups in total. The van der Waals surface area contributed by atoms with Crippen molar-refractivity contribution in [2.24, 2.45) is 0 Å². The minimum absolute atomic E-state index is 0.370. The second-order valence-corrected chi connectivity index (χ2v) is 9.13. The summed E-state index contributed by atoms with van der Waals surface area (Å²) in [7, 11) is 0. The van der Waals surface area contributed by atoms with Gasteiger partial charge in [0.15, 0.2) is 5.11 Å². The standard InChI is InChI=1S/C25H31N5S/c1-18(2)23-21-11-7-6-10-20(21)22(16-26)24(28-23)29-12-14-30(15-13-29)25(31)27-17-19-8-4-3-5-9-19/h3-5,8-9,18H,6-7,10-15,17H2,1-2H3,(H,27,31). The molecule has 2 heterocycles. The summed E-state index contributed by atoms with van der Waals surface area (Å²) >= 11 is 5.64. The molecule has 162 valence electrons. The number of rotatable bonds is 4. The van der Waals surface area contributed by atoms with Crippen LogP contribution in [0.2, 0.25) is 0 Å². The van der Waals surface area contributed by atoms with Gasteiger partial charge in [-0.15, -0.1) is 0 Å². The average molecular weight is 434 g/mol. The molecule has 2 aliphatic rings. The molecule has 5 nitrogen and oxygen atoms in total. The van der Waals surface area contributed by atoms with Gasteiger partial charge in [-0.25, -0.2) is 4.98 Å². The number of fused-ring (bicyclic) bond motifs is 1. The molecule has 0 unspecified atom stereocenters. The van der Waals surface area contributed by atoms with Gasteiger partial charge in [0.2, 0.25) is 0 Å². The fourth-order valence-electron chi connectivity index (χ4n) is 4.67. The summed E-state index contributed by atoms with van der Waals surface area (Å²) in [4.78, 5) is 9.57. The van der Waals surface area contributed by atoms with Crippen molar-refractivity contribution in [3.05, 3.63) is 58.3 Å². The first kappa shape index (κ1) is 21.6. The zero-order valence-electron chi connectivity index (χ0n) is 18.5. The van der Waals surface area contributed by atoms with Gasteiger partial charge in [0.1, 0.15) is 11.9 Å². The number of nitriles is 1. The van der Waals surface area contributed by atoms with Gasteiger partial charge in [-0.1, -0.05) is 44.2 Å². The topological polar surface area (TPSA) is 55.2 Å². The lowest BCUT2D eigenvalue weighted by Gasteiger charge is -2.38. The van der Waals surface area contributed by atoms with E-state index in [0.29, 0.717) is 5.92 Å². The number of nitrogens with zero attached hydrogens (tertiary/aromatic N) is 4. The van der Waals surface area contributed by atoms with E-state index in [1.807, 2.05) is 18.2 Å². The molecule has 0 spiro atoms. The quantitative estimate of drug-likeness (QED) is 0.731. The number of anilines is 1. The molecule has 31 heavy (non-hydrogen) atoms. The first-order valence-electron chi connectivity index (χ1n) is 11.4. The zero-order valence-corrected chi connectivity index (χ0v) is 19.3. The van der Waals surface area contributed by atoms with Gasteiger partial charge in [-0.2, -0.15) is 5.26 Å². The predicted molar refractivity (Wildman–Crippen MR) is 129 cm³/mol. The highest BCUT2D eigenvalue weighted by atomic mass is 32.1. The van der Waals surface area contributed by atoms with Crippen LogP contribution in [-0.2, 0) is 19.4 Å². The zero-order chi connectivity index (χ0) is 21.8. The first-order chi connectivity index (χ1) is 15.1. The SMILES string of the molecule is CC(C)c1nc(N2CCN(C(=S)NCc3ccccc3)CC2)c(C#N)c2c1CCCC2. The average Bonchev–Trinajstić information content (AvgIpc) is 2.82. The van der Waals surface area contributed by atoms with Gasteiger partial charge in [-0.05, 0) is 60.5 Å². The molecule has 6 heteroatoms. The number of hydrogen-bond donors (Lipinski definition) is 1. The second kappa shape index (κ2) is 9.65. The van der Waals surface area contributed by atoms with Gasteiger partial charge in [0.25, 0.3) is 0 Å². The van der Waals surface area contributed by atoms with E-state index >= 15 is 0 Å². The maximum absolute atomic E-state index is 10.00. The lowest BCUT2D eigenvalue weighted by atomic mass is 9.85. The van der Waals surface area contributed by atoms with Crippen LogP contribution in [0.25, 0.3) is 0 Å². The number of aromatic nitrogens is 1. The Labute approximate surface area is 191 Å². The Kier molecular flexibility index (Phi) is 6.72. The Hall–Kier alpha value is -2.65. The van der Waals surface area contributed by atoms with Crippen LogP contribution in [0.4, 0.5) is 5.82 Å². The largest absolute Gasteiger partial charge is 0.358 e. The van der Waals surface area contributed by atoms with E-state index in [1.54, 1.807) is 0 Å². The molecule has 0 bridgehead atoms. The highest BCUT2D eigenvalue weighted by Crippen LogP contribution is 2.35. The Morgan fingerprint density at radius 2 is 1.77 bits per heavy atom. The van der Waals surface area contributed by atoms with Crippen LogP contribution in [-0.4, -0.2) is 41.2 Å². The Bertz CT molecular complexity index is 972. The lowest BCUT2D eigenvalue weighted by Crippen LogP contribution is -2.52. The summed E-state index contributed by atoms with van der Waals surface area (Å²) < 4.78 is 0. The van der Waals surface area contributed by atoms with Crippen molar-refractivity contribution < 1.29 is 0 Å². The van der Waals surface area contributed by atoms with Crippen LogP contribution >= 0.6 is 12.2 Å². The van der Waals surface area contributed by atoms with E-state index in [9.17, 15) is 5.26 Å². The molecule has 1 aliphatic heterocycles. The predicted octanol–water partition coefficient (Wildman–Crippen LogP) is 4.15. The van der Waals surface area contributed by atoms with Crippen molar-refractivity contribution >= 4 is 23.1 Å². The van der Waals surface area contributed by atoms with E-state index in [-0.39, 0.29) is 0 Å². The normalized spacial score (nSPS) is 16.1. The van der Waals surface area contributed by atoms with Gasteiger partial charge in [0.05, 0.1) is 5.56 Å². The minimum atomic E-state index is 0.370. The molecule has 4 rings (SSSR count). The highest BCUT2D eigenvalue weighted by molar-refractivity contribution is 7.80. The van der Waals surface area contributed by atoms with Crippen molar-refractivity contribution in [3.63, 3.8) is 0 Å². The molecule has 1 aliphatic carbocycles. The molecule has 1 saturated heterocycles. The smallest absolute Gasteiger partial charge is 0.169 e. The fraction of sp³-hybridized carbons (Fsp3) is 0.480. The third-order valence-electron chi connectivity index (χ3n) is 6.34. The summed E-state index contributed by atoms with van der Waals surface area (Å²) in [5, 5.41) is 14.2. The number of hydrogen-bond acceptors (Lipinski definition) is 4. The maximum Gasteiger partial charge on any atom is 0.169 e. The molecule has 0 amide bonds. The van der Waals surface area contributed by atoms with Crippen LogP contribution in [0.5, 0.6) is 0 Å². The van der Waals surface area contributed by atoms with Crippen LogP contribution in [0.3, 0.4) is 0 Å². The molecular formula is C25H31N5S. The molecule has 0 radical (unpaired) electrons. The molecule has 1 aromatic heterocycles. The maximum atomic E-state index is 10.00. The molecule has 1 aromatic carbocycles. The molecule has 1 fully saturated rings. The lowest BCUT2D eigenvalue weighted by molar-refractivity contribution is 0.378. The third kappa shape index (κ3) is 4.67. The number of benzene rings is 1. The number of piperazine rings is 1. The summed E-state index contributed by atoms with van der Waals surface area (Å²) in [6.07, 6.45) is 4.42. The second-order valence-electron chi connectivity index (χ2n) is 8.74. The minimum Gasteiger partial charge on any atom is -0.358 e. The van der Waals surface area contributed by atoms with E-state index in [0.717, 1.165) is 68.5 Å². The summed E-state index contributed by atoms with van der Waals surface area (Å²) in [6.45, 7) is 8.48. The Morgan fingerprint density at radius 1 is 1.10 bits per heavy atom. The van der Waals surface area contributed by atoms with E-state index in [2.05, 4.69) is 47.2 Å². The van der Waals surface area contributed by atoms with Crippen molar-refractivity contribution in [2.45, 2.75) is 52.0 Å². The Morgan fingerprint density at radius 3 is 2.42 bits per heavy atom. The fourth-order valence-corrected chi connectivity index (χ4v) is 4.92. The summed E-state index contributed by atoms with van der Waals surface area (Å²) in [5.41, 5.74) is 5.81.